The number of nitrogens with two attached hydrogens (primary N) is 1. The number of nitrogens with zero attached hydrogens (tertiary/aromatic N) is 1. The first-order valence-electron chi connectivity index (χ1n) is 7.18. The minimum Gasteiger partial charge on any atom is -0.392 e. The number of thiocarbonyl (C=S) groups is 1. The number of hydrogen-bond donors (Lipinski definition) is 1. The van der Waals surface area contributed by atoms with E-state index in [0.717, 1.165) is 44.5 Å². The van der Waals surface area contributed by atoms with Crippen LogP contribution in [0.2, 0.25) is 0 Å². The summed E-state index contributed by atoms with van der Waals surface area (Å²) in [7, 11) is 0. The summed E-state index contributed by atoms with van der Waals surface area (Å²) in [6.07, 6.45) is 3.41. The van der Waals surface area contributed by atoms with Gasteiger partial charge in [0.1, 0.15) is 0 Å². The third-order valence-electron chi connectivity index (χ3n) is 3.76. The van der Waals surface area contributed by atoms with Gasteiger partial charge in [0.25, 0.3) is 0 Å². The second kappa shape index (κ2) is 7.48. The van der Waals surface area contributed by atoms with Crippen molar-refractivity contribution in [2.24, 2.45) is 11.1 Å². The zero-order chi connectivity index (χ0) is 14.5. The molecule has 1 rings (SSSR count). The van der Waals surface area contributed by atoms with Crippen molar-refractivity contribution in [1.82, 2.24) is 4.90 Å². The molecular formula is C14H26N2OS2. The molecule has 1 saturated heterocycles. The Bertz CT molecular complexity index is 327. The van der Waals surface area contributed by atoms with Crippen LogP contribution in [-0.4, -0.2) is 39.9 Å². The Hall–Kier alpha value is -0.290. The van der Waals surface area contributed by atoms with E-state index < -0.39 is 5.41 Å². The SMILES string of the molecule is CCCC(CCC)(C(=O)N1CCSC(C)C1)C(N)=S. The molecule has 0 spiro atoms. The average molecular weight is 303 g/mol. The minimum atomic E-state index is -0.611. The molecule has 1 aliphatic heterocycles. The minimum absolute atomic E-state index is 0.163. The number of thioether (sulfide) groups is 1. The fourth-order valence-corrected chi connectivity index (χ4v) is 4.15. The fourth-order valence-electron chi connectivity index (χ4n) is 2.85. The highest BCUT2D eigenvalue weighted by molar-refractivity contribution is 7.99. The molecular weight excluding hydrogens is 276 g/mol. The smallest absolute Gasteiger partial charge is 0.235 e. The van der Waals surface area contributed by atoms with E-state index >= 15 is 0 Å². The van der Waals surface area contributed by atoms with Crippen molar-refractivity contribution in [3.63, 3.8) is 0 Å². The second-order valence-electron chi connectivity index (χ2n) is 5.38. The lowest BCUT2D eigenvalue weighted by Gasteiger charge is -2.39. The van der Waals surface area contributed by atoms with Crippen molar-refractivity contribution in [3.8, 4) is 0 Å². The standard InChI is InChI=1S/C14H26N2OS2/c1-4-6-14(7-5-2,12(15)18)13(17)16-8-9-19-11(3)10-16/h11H,4-10H2,1-3H3,(H2,15,18). The van der Waals surface area contributed by atoms with E-state index in [1.54, 1.807) is 0 Å². The van der Waals surface area contributed by atoms with Crippen LogP contribution >= 0.6 is 24.0 Å². The third kappa shape index (κ3) is 3.85. The lowest BCUT2D eigenvalue weighted by atomic mass is 9.77. The molecule has 1 fully saturated rings. The van der Waals surface area contributed by atoms with E-state index in [1.807, 2.05) is 16.7 Å². The highest BCUT2D eigenvalue weighted by Crippen LogP contribution is 2.34. The fraction of sp³-hybridized carbons (Fsp3) is 0.857. The highest BCUT2D eigenvalue weighted by Gasteiger charge is 2.43. The molecule has 1 atom stereocenters. The number of carbonyl (C=O) groups excluding carboxylic acids is 1. The Kier molecular flexibility index (Phi) is 6.60. The Labute approximate surface area is 126 Å². The summed E-state index contributed by atoms with van der Waals surface area (Å²) < 4.78 is 0. The molecule has 19 heavy (non-hydrogen) atoms. The Morgan fingerprint density at radius 2 is 2.00 bits per heavy atom. The quantitative estimate of drug-likeness (QED) is 0.766. The third-order valence-corrected chi connectivity index (χ3v) is 5.29. The summed E-state index contributed by atoms with van der Waals surface area (Å²) in [5.74, 6) is 1.18. The molecule has 2 N–H and O–H groups in total. The van der Waals surface area contributed by atoms with Crippen LogP contribution in [0.1, 0.15) is 46.5 Å². The van der Waals surface area contributed by atoms with E-state index in [9.17, 15) is 4.79 Å². The zero-order valence-electron chi connectivity index (χ0n) is 12.3. The molecule has 0 aromatic rings. The summed E-state index contributed by atoms with van der Waals surface area (Å²) >= 11 is 7.19. The predicted octanol–water partition coefficient (Wildman–Crippen LogP) is 2.82. The molecule has 1 unspecified atom stereocenters. The number of carbonyl (C=O) groups is 1. The number of rotatable bonds is 6. The van der Waals surface area contributed by atoms with Gasteiger partial charge in [-0.25, -0.2) is 0 Å². The molecule has 0 bridgehead atoms. The van der Waals surface area contributed by atoms with Gasteiger partial charge < -0.3 is 10.6 Å². The molecule has 0 aliphatic carbocycles. The van der Waals surface area contributed by atoms with E-state index in [-0.39, 0.29) is 5.91 Å². The van der Waals surface area contributed by atoms with Gasteiger partial charge in [-0.2, -0.15) is 11.8 Å². The lowest BCUT2D eigenvalue weighted by molar-refractivity contribution is -0.139. The normalized spacial score (nSPS) is 20.4. The zero-order valence-corrected chi connectivity index (χ0v) is 13.9. The summed E-state index contributed by atoms with van der Waals surface area (Å²) in [5.41, 5.74) is 5.35. The van der Waals surface area contributed by atoms with Crippen molar-refractivity contribution in [2.45, 2.75) is 51.7 Å². The van der Waals surface area contributed by atoms with Crippen LogP contribution < -0.4 is 5.73 Å². The molecule has 1 aliphatic rings. The van der Waals surface area contributed by atoms with Gasteiger partial charge in [0.05, 0.1) is 10.4 Å². The maximum Gasteiger partial charge on any atom is 0.235 e. The van der Waals surface area contributed by atoms with Crippen LogP contribution in [0.15, 0.2) is 0 Å². The van der Waals surface area contributed by atoms with Crippen molar-refractivity contribution in [2.75, 3.05) is 18.8 Å². The summed E-state index contributed by atoms with van der Waals surface area (Å²) in [6, 6.07) is 0. The van der Waals surface area contributed by atoms with Gasteiger partial charge >= 0.3 is 0 Å². The first kappa shape index (κ1) is 16.8. The second-order valence-corrected chi connectivity index (χ2v) is 7.37. The first-order chi connectivity index (χ1) is 8.97. The summed E-state index contributed by atoms with van der Waals surface area (Å²) in [4.78, 5) is 15.3. The van der Waals surface area contributed by atoms with Crippen LogP contribution in [0.25, 0.3) is 0 Å². The average Bonchev–Trinajstić information content (AvgIpc) is 2.37. The van der Waals surface area contributed by atoms with E-state index in [0.29, 0.717) is 10.2 Å². The Balaban J connectivity index is 2.94. The number of amides is 1. The van der Waals surface area contributed by atoms with Crippen LogP contribution in [0.4, 0.5) is 0 Å². The first-order valence-corrected chi connectivity index (χ1v) is 8.64. The molecule has 5 heteroatoms. The van der Waals surface area contributed by atoms with Crippen molar-refractivity contribution in [3.05, 3.63) is 0 Å². The van der Waals surface area contributed by atoms with E-state index in [1.165, 1.54) is 0 Å². The largest absolute Gasteiger partial charge is 0.392 e. The van der Waals surface area contributed by atoms with E-state index in [2.05, 4.69) is 20.8 Å². The summed E-state index contributed by atoms with van der Waals surface area (Å²) in [5, 5.41) is 0.505. The van der Waals surface area contributed by atoms with Gasteiger partial charge in [0.2, 0.25) is 5.91 Å². The van der Waals surface area contributed by atoms with Crippen molar-refractivity contribution in [1.29, 1.82) is 0 Å². The van der Waals surface area contributed by atoms with E-state index in [4.69, 9.17) is 18.0 Å². The van der Waals surface area contributed by atoms with Crippen LogP contribution in [-0.2, 0) is 4.79 Å². The Morgan fingerprint density at radius 1 is 1.42 bits per heavy atom. The Morgan fingerprint density at radius 3 is 2.42 bits per heavy atom. The highest BCUT2D eigenvalue weighted by atomic mass is 32.2. The van der Waals surface area contributed by atoms with Crippen LogP contribution in [0.3, 0.4) is 0 Å². The molecule has 1 amide bonds. The predicted molar refractivity (Wildman–Crippen MR) is 87.5 cm³/mol. The van der Waals surface area contributed by atoms with Gasteiger partial charge in [0, 0.05) is 24.1 Å². The molecule has 0 saturated carbocycles. The van der Waals surface area contributed by atoms with Crippen LogP contribution in [0.5, 0.6) is 0 Å². The molecule has 1 heterocycles. The van der Waals surface area contributed by atoms with Gasteiger partial charge in [-0.15, -0.1) is 0 Å². The van der Waals surface area contributed by atoms with Gasteiger partial charge in [-0.05, 0) is 12.8 Å². The number of hydrogen-bond acceptors (Lipinski definition) is 3. The van der Waals surface area contributed by atoms with Crippen LogP contribution in [0, 0.1) is 5.41 Å². The monoisotopic (exact) mass is 302 g/mol. The molecule has 0 radical (unpaired) electrons. The lowest BCUT2D eigenvalue weighted by Crippen LogP contribution is -2.53. The van der Waals surface area contributed by atoms with Crippen molar-refractivity contribution < 1.29 is 4.79 Å². The van der Waals surface area contributed by atoms with Crippen molar-refractivity contribution >= 4 is 34.9 Å². The molecule has 3 nitrogen and oxygen atoms in total. The molecule has 110 valence electrons. The van der Waals surface area contributed by atoms with Gasteiger partial charge in [-0.1, -0.05) is 45.8 Å². The van der Waals surface area contributed by atoms with Gasteiger partial charge in [0.15, 0.2) is 0 Å². The molecule has 0 aromatic carbocycles. The summed E-state index contributed by atoms with van der Waals surface area (Å²) in [6.45, 7) is 7.99. The molecule has 0 aromatic heterocycles. The maximum atomic E-state index is 12.9. The van der Waals surface area contributed by atoms with Gasteiger partial charge in [-0.3, -0.25) is 4.79 Å². The topological polar surface area (TPSA) is 46.3 Å². The maximum absolute atomic E-state index is 12.9.